The standard InChI is InChI=1S/C13H16N4O2/c1-8-4-10(16-19-8)6-15-13(18)12-5-9(14)7-17(12)11-2-3-11/h4-5,7,11H,2-3,6,14H2,1H3,(H,15,18). The Balaban J connectivity index is 1.70. The first-order valence-corrected chi connectivity index (χ1v) is 6.31. The second kappa shape index (κ2) is 4.46. The maximum absolute atomic E-state index is 12.1. The third-order valence-electron chi connectivity index (χ3n) is 3.15. The molecule has 0 atom stereocenters. The third kappa shape index (κ3) is 2.47. The van der Waals surface area contributed by atoms with Crippen molar-refractivity contribution in [2.75, 3.05) is 5.73 Å². The van der Waals surface area contributed by atoms with Gasteiger partial charge in [-0.25, -0.2) is 0 Å². The highest BCUT2D eigenvalue weighted by Gasteiger charge is 2.27. The number of aryl methyl sites for hydroxylation is 1. The van der Waals surface area contributed by atoms with Crippen LogP contribution >= 0.6 is 0 Å². The van der Waals surface area contributed by atoms with Gasteiger partial charge in [0, 0.05) is 18.3 Å². The molecule has 6 nitrogen and oxygen atoms in total. The summed E-state index contributed by atoms with van der Waals surface area (Å²) in [6, 6.07) is 3.93. The Hall–Kier alpha value is -2.24. The van der Waals surface area contributed by atoms with Crippen LogP contribution in [-0.2, 0) is 6.54 Å². The average Bonchev–Trinajstić information content (AvgIpc) is 3.03. The largest absolute Gasteiger partial charge is 0.397 e. The van der Waals surface area contributed by atoms with Crippen LogP contribution in [0.3, 0.4) is 0 Å². The lowest BCUT2D eigenvalue weighted by Crippen LogP contribution is -2.25. The van der Waals surface area contributed by atoms with Crippen LogP contribution in [0.4, 0.5) is 5.69 Å². The number of nitrogen functional groups attached to an aromatic ring is 1. The Kier molecular flexibility index (Phi) is 2.77. The number of rotatable bonds is 4. The van der Waals surface area contributed by atoms with Crippen molar-refractivity contribution in [2.45, 2.75) is 32.4 Å². The smallest absolute Gasteiger partial charge is 0.268 e. The van der Waals surface area contributed by atoms with Crippen LogP contribution in [0.2, 0.25) is 0 Å². The van der Waals surface area contributed by atoms with Crippen LogP contribution < -0.4 is 11.1 Å². The fourth-order valence-corrected chi connectivity index (χ4v) is 2.10. The second-order valence-electron chi connectivity index (χ2n) is 4.91. The minimum atomic E-state index is -0.135. The lowest BCUT2D eigenvalue weighted by molar-refractivity contribution is 0.0940. The molecule has 19 heavy (non-hydrogen) atoms. The summed E-state index contributed by atoms with van der Waals surface area (Å²) in [5.41, 5.74) is 7.71. The zero-order valence-corrected chi connectivity index (χ0v) is 10.7. The van der Waals surface area contributed by atoms with E-state index in [0.29, 0.717) is 29.7 Å². The van der Waals surface area contributed by atoms with Crippen LogP contribution in [-0.4, -0.2) is 15.6 Å². The van der Waals surface area contributed by atoms with E-state index in [1.165, 1.54) is 0 Å². The molecule has 1 amide bonds. The molecule has 0 spiro atoms. The Bertz CT molecular complexity index is 610. The van der Waals surface area contributed by atoms with E-state index in [4.69, 9.17) is 10.3 Å². The van der Waals surface area contributed by atoms with Crippen molar-refractivity contribution >= 4 is 11.6 Å². The lowest BCUT2D eigenvalue weighted by atomic mass is 10.3. The SMILES string of the molecule is Cc1cc(CNC(=O)c2cc(N)cn2C2CC2)no1. The molecule has 1 fully saturated rings. The van der Waals surface area contributed by atoms with E-state index in [1.807, 2.05) is 17.7 Å². The van der Waals surface area contributed by atoms with Gasteiger partial charge in [0.05, 0.1) is 12.2 Å². The van der Waals surface area contributed by atoms with E-state index < -0.39 is 0 Å². The van der Waals surface area contributed by atoms with Gasteiger partial charge in [0.2, 0.25) is 0 Å². The Morgan fingerprint density at radius 2 is 2.37 bits per heavy atom. The summed E-state index contributed by atoms with van der Waals surface area (Å²) in [5.74, 6) is 0.596. The van der Waals surface area contributed by atoms with E-state index in [0.717, 1.165) is 18.6 Å². The summed E-state index contributed by atoms with van der Waals surface area (Å²) >= 11 is 0. The molecule has 0 unspecified atom stereocenters. The second-order valence-corrected chi connectivity index (χ2v) is 4.91. The molecule has 3 rings (SSSR count). The highest BCUT2D eigenvalue weighted by Crippen LogP contribution is 2.37. The molecule has 1 aliphatic rings. The predicted octanol–water partition coefficient (Wildman–Crippen LogP) is 1.63. The summed E-state index contributed by atoms with van der Waals surface area (Å²) in [5, 5.41) is 6.66. The van der Waals surface area contributed by atoms with Gasteiger partial charge in [0.25, 0.3) is 5.91 Å². The highest BCUT2D eigenvalue weighted by molar-refractivity contribution is 5.93. The molecule has 2 aromatic rings. The van der Waals surface area contributed by atoms with Gasteiger partial charge in [-0.1, -0.05) is 5.16 Å². The third-order valence-corrected chi connectivity index (χ3v) is 3.15. The maximum Gasteiger partial charge on any atom is 0.268 e. The lowest BCUT2D eigenvalue weighted by Gasteiger charge is -2.07. The van der Waals surface area contributed by atoms with Gasteiger partial charge < -0.3 is 20.1 Å². The Morgan fingerprint density at radius 1 is 1.58 bits per heavy atom. The molecule has 1 aliphatic carbocycles. The van der Waals surface area contributed by atoms with Gasteiger partial charge in [0.1, 0.15) is 17.1 Å². The van der Waals surface area contributed by atoms with E-state index in [9.17, 15) is 4.79 Å². The number of aromatic nitrogens is 2. The number of hydrogen-bond acceptors (Lipinski definition) is 4. The molecular formula is C13H16N4O2. The van der Waals surface area contributed by atoms with Crippen LogP contribution in [0.5, 0.6) is 0 Å². The predicted molar refractivity (Wildman–Crippen MR) is 69.5 cm³/mol. The van der Waals surface area contributed by atoms with Crippen molar-refractivity contribution in [3.05, 3.63) is 35.5 Å². The van der Waals surface area contributed by atoms with Crippen molar-refractivity contribution in [3.8, 4) is 0 Å². The molecule has 2 aromatic heterocycles. The van der Waals surface area contributed by atoms with Crippen molar-refractivity contribution in [2.24, 2.45) is 0 Å². The van der Waals surface area contributed by atoms with Crippen LogP contribution in [0, 0.1) is 6.92 Å². The van der Waals surface area contributed by atoms with Crippen molar-refractivity contribution in [1.29, 1.82) is 0 Å². The number of nitrogens with two attached hydrogens (primary N) is 1. The molecule has 0 aliphatic heterocycles. The molecular weight excluding hydrogens is 244 g/mol. The molecule has 0 bridgehead atoms. The highest BCUT2D eigenvalue weighted by atomic mass is 16.5. The number of nitrogens with one attached hydrogen (secondary N) is 1. The Morgan fingerprint density at radius 3 is 3.00 bits per heavy atom. The molecule has 2 heterocycles. The molecule has 100 valence electrons. The van der Waals surface area contributed by atoms with Crippen LogP contribution in [0.15, 0.2) is 22.9 Å². The Labute approximate surface area is 110 Å². The molecule has 0 aromatic carbocycles. The minimum Gasteiger partial charge on any atom is -0.397 e. The first kappa shape index (κ1) is 11.8. The first-order chi connectivity index (χ1) is 9.13. The van der Waals surface area contributed by atoms with Crippen LogP contribution in [0.1, 0.15) is 40.8 Å². The first-order valence-electron chi connectivity index (χ1n) is 6.31. The molecule has 1 saturated carbocycles. The average molecular weight is 260 g/mol. The van der Waals surface area contributed by atoms with Gasteiger partial charge in [0.15, 0.2) is 0 Å². The molecule has 0 radical (unpaired) electrons. The van der Waals surface area contributed by atoms with E-state index in [2.05, 4.69) is 10.5 Å². The number of anilines is 1. The molecule has 6 heteroatoms. The van der Waals surface area contributed by atoms with E-state index in [-0.39, 0.29) is 5.91 Å². The normalized spacial score (nSPS) is 14.6. The monoisotopic (exact) mass is 260 g/mol. The van der Waals surface area contributed by atoms with Crippen molar-refractivity contribution in [3.63, 3.8) is 0 Å². The number of amides is 1. The summed E-state index contributed by atoms with van der Waals surface area (Å²) in [6.45, 7) is 2.17. The summed E-state index contributed by atoms with van der Waals surface area (Å²) in [4.78, 5) is 12.1. The molecule has 0 saturated heterocycles. The van der Waals surface area contributed by atoms with Crippen molar-refractivity contribution < 1.29 is 9.32 Å². The van der Waals surface area contributed by atoms with Crippen LogP contribution in [0.25, 0.3) is 0 Å². The summed E-state index contributed by atoms with van der Waals surface area (Å²) in [6.07, 6.45) is 4.04. The minimum absolute atomic E-state index is 0.135. The summed E-state index contributed by atoms with van der Waals surface area (Å²) < 4.78 is 6.91. The fourth-order valence-electron chi connectivity index (χ4n) is 2.10. The van der Waals surface area contributed by atoms with Gasteiger partial charge in [-0.15, -0.1) is 0 Å². The van der Waals surface area contributed by atoms with Gasteiger partial charge in [-0.2, -0.15) is 0 Å². The van der Waals surface area contributed by atoms with Gasteiger partial charge in [-0.3, -0.25) is 4.79 Å². The van der Waals surface area contributed by atoms with E-state index in [1.54, 1.807) is 12.1 Å². The molecule has 3 N–H and O–H groups in total. The number of carbonyl (C=O) groups is 1. The summed E-state index contributed by atoms with van der Waals surface area (Å²) in [7, 11) is 0. The van der Waals surface area contributed by atoms with Gasteiger partial charge in [-0.05, 0) is 25.8 Å². The number of hydrogen-bond donors (Lipinski definition) is 2. The topological polar surface area (TPSA) is 86.1 Å². The fraction of sp³-hybridized carbons (Fsp3) is 0.385. The van der Waals surface area contributed by atoms with Crippen molar-refractivity contribution in [1.82, 2.24) is 15.0 Å². The number of nitrogens with zero attached hydrogens (tertiary/aromatic N) is 2. The maximum atomic E-state index is 12.1. The zero-order valence-electron chi connectivity index (χ0n) is 10.7. The quantitative estimate of drug-likeness (QED) is 0.874. The van der Waals surface area contributed by atoms with E-state index >= 15 is 0 Å². The number of carbonyl (C=O) groups excluding carboxylic acids is 1. The zero-order chi connectivity index (χ0) is 13.4. The van der Waals surface area contributed by atoms with Gasteiger partial charge >= 0.3 is 0 Å².